The molecule has 96 valence electrons. The molecule has 20 heavy (non-hydrogen) atoms. The molecule has 0 amide bonds. The third-order valence-corrected chi connectivity index (χ3v) is 3.57. The average molecular weight is 259 g/mol. The maximum Gasteiger partial charge on any atom is 0.0761 e. The summed E-state index contributed by atoms with van der Waals surface area (Å²) in [5.74, 6) is 0. The van der Waals surface area contributed by atoms with E-state index in [9.17, 15) is 0 Å². The molecule has 0 atom stereocenters. The molecule has 3 aromatic carbocycles. The first-order valence-electron chi connectivity index (χ1n) is 6.54. The molecule has 0 bridgehead atoms. The van der Waals surface area contributed by atoms with Gasteiger partial charge in [0, 0.05) is 11.1 Å². The summed E-state index contributed by atoms with van der Waals surface area (Å²) in [6, 6.07) is 20.5. The molecule has 0 aliphatic carbocycles. The fourth-order valence-electron chi connectivity index (χ4n) is 2.55. The van der Waals surface area contributed by atoms with Crippen molar-refractivity contribution in [2.24, 2.45) is 0 Å². The Bertz CT molecular complexity index is 922. The minimum Gasteiger partial charge on any atom is -0.399 e. The van der Waals surface area contributed by atoms with Crippen LogP contribution in [0.25, 0.3) is 27.4 Å². The van der Waals surface area contributed by atoms with Crippen LogP contribution in [-0.2, 0) is 0 Å². The van der Waals surface area contributed by atoms with Gasteiger partial charge in [0.05, 0.1) is 17.4 Å². The quantitative estimate of drug-likeness (QED) is 0.529. The van der Waals surface area contributed by atoms with Crippen LogP contribution in [0.2, 0.25) is 0 Å². The molecule has 0 unspecified atom stereocenters. The van der Waals surface area contributed by atoms with Crippen LogP contribution in [0, 0.1) is 0 Å². The van der Waals surface area contributed by atoms with Gasteiger partial charge >= 0.3 is 0 Å². The maximum atomic E-state index is 5.88. The lowest BCUT2D eigenvalue weighted by atomic mass is 10.1. The highest BCUT2D eigenvalue weighted by Gasteiger charge is 2.05. The molecule has 0 aliphatic heterocycles. The number of nitrogens with two attached hydrogens (primary N) is 1. The van der Waals surface area contributed by atoms with Crippen molar-refractivity contribution >= 4 is 27.4 Å². The Balaban J connectivity index is 1.98. The van der Waals surface area contributed by atoms with Gasteiger partial charge in [-0.15, -0.1) is 0 Å². The summed E-state index contributed by atoms with van der Waals surface area (Å²) in [5.41, 5.74) is 8.70. The third-order valence-electron chi connectivity index (χ3n) is 3.57. The summed E-state index contributed by atoms with van der Waals surface area (Å²) < 4.78 is 1.93. The van der Waals surface area contributed by atoms with E-state index in [4.69, 9.17) is 5.73 Å². The second-order valence-electron chi connectivity index (χ2n) is 4.91. The van der Waals surface area contributed by atoms with Crippen molar-refractivity contribution in [3.8, 4) is 5.69 Å². The lowest BCUT2D eigenvalue weighted by molar-refractivity contribution is 0.912. The Morgan fingerprint density at radius 2 is 1.60 bits per heavy atom. The number of hydrogen-bond acceptors (Lipinski definition) is 2. The van der Waals surface area contributed by atoms with Gasteiger partial charge in [0.2, 0.25) is 0 Å². The first kappa shape index (κ1) is 11.1. The predicted octanol–water partition coefficient (Wildman–Crippen LogP) is 3.76. The van der Waals surface area contributed by atoms with Gasteiger partial charge in [-0.05, 0) is 41.1 Å². The van der Waals surface area contributed by atoms with Gasteiger partial charge in [-0.1, -0.05) is 30.3 Å². The monoisotopic (exact) mass is 259 g/mol. The van der Waals surface area contributed by atoms with Gasteiger partial charge in [0.1, 0.15) is 0 Å². The zero-order valence-corrected chi connectivity index (χ0v) is 10.8. The molecule has 0 spiro atoms. The van der Waals surface area contributed by atoms with Crippen molar-refractivity contribution in [3.05, 3.63) is 66.9 Å². The molecule has 1 aromatic heterocycles. The third kappa shape index (κ3) is 1.64. The average Bonchev–Trinajstić information content (AvgIpc) is 2.89. The Labute approximate surface area is 116 Å². The summed E-state index contributed by atoms with van der Waals surface area (Å²) in [5, 5.41) is 8.00. The Hall–Kier alpha value is -2.81. The number of benzene rings is 3. The SMILES string of the molecule is Nc1ccc2cnn(-c3ccc4ccccc4c3)c2c1. The van der Waals surface area contributed by atoms with Crippen molar-refractivity contribution in [1.82, 2.24) is 9.78 Å². The Kier molecular flexibility index (Phi) is 2.27. The fraction of sp³-hybridized carbons (Fsp3) is 0. The van der Waals surface area contributed by atoms with Crippen LogP contribution in [0.15, 0.2) is 66.9 Å². The van der Waals surface area contributed by atoms with Crippen molar-refractivity contribution in [1.29, 1.82) is 0 Å². The maximum absolute atomic E-state index is 5.88. The molecule has 1 heterocycles. The van der Waals surface area contributed by atoms with Crippen LogP contribution < -0.4 is 5.73 Å². The van der Waals surface area contributed by atoms with Crippen molar-refractivity contribution < 1.29 is 0 Å². The van der Waals surface area contributed by atoms with Crippen LogP contribution in [0.3, 0.4) is 0 Å². The lowest BCUT2D eigenvalue weighted by Crippen LogP contribution is -1.96. The minimum absolute atomic E-state index is 0.750. The summed E-state index contributed by atoms with van der Waals surface area (Å²) in [6.45, 7) is 0. The second-order valence-corrected chi connectivity index (χ2v) is 4.91. The highest BCUT2D eigenvalue weighted by Crippen LogP contribution is 2.23. The van der Waals surface area contributed by atoms with Gasteiger partial charge in [0.15, 0.2) is 0 Å². The smallest absolute Gasteiger partial charge is 0.0761 e. The van der Waals surface area contributed by atoms with E-state index in [-0.39, 0.29) is 0 Å². The zero-order valence-electron chi connectivity index (χ0n) is 10.8. The van der Waals surface area contributed by atoms with E-state index >= 15 is 0 Å². The second kappa shape index (κ2) is 4.10. The highest BCUT2D eigenvalue weighted by molar-refractivity contribution is 5.87. The molecule has 4 aromatic rings. The molecular formula is C17H13N3. The van der Waals surface area contributed by atoms with E-state index in [1.807, 2.05) is 41.2 Å². The number of nitrogen functional groups attached to an aromatic ring is 1. The molecule has 2 N–H and O–H groups in total. The van der Waals surface area contributed by atoms with Crippen LogP contribution in [0.1, 0.15) is 0 Å². The van der Waals surface area contributed by atoms with Crippen molar-refractivity contribution in [2.75, 3.05) is 5.73 Å². The number of fused-ring (bicyclic) bond motifs is 2. The van der Waals surface area contributed by atoms with Crippen molar-refractivity contribution in [2.45, 2.75) is 0 Å². The first-order valence-corrected chi connectivity index (χ1v) is 6.54. The summed E-state index contributed by atoms with van der Waals surface area (Å²) in [6.07, 6.45) is 1.87. The molecule has 0 aliphatic rings. The predicted molar refractivity (Wildman–Crippen MR) is 83.0 cm³/mol. The fourth-order valence-corrected chi connectivity index (χ4v) is 2.55. The number of hydrogen-bond donors (Lipinski definition) is 1. The Morgan fingerprint density at radius 1 is 0.800 bits per heavy atom. The van der Waals surface area contributed by atoms with Gasteiger partial charge in [-0.2, -0.15) is 5.10 Å². The van der Waals surface area contributed by atoms with E-state index in [1.54, 1.807) is 0 Å². The van der Waals surface area contributed by atoms with Gasteiger partial charge < -0.3 is 5.73 Å². The molecule has 0 fully saturated rings. The number of aromatic nitrogens is 2. The largest absolute Gasteiger partial charge is 0.399 e. The van der Waals surface area contributed by atoms with Crippen molar-refractivity contribution in [3.63, 3.8) is 0 Å². The molecule has 0 saturated heterocycles. The molecular weight excluding hydrogens is 246 g/mol. The van der Waals surface area contributed by atoms with E-state index in [0.717, 1.165) is 22.3 Å². The standard InChI is InChI=1S/C17H13N3/c18-15-7-5-14-11-19-20(17(14)10-15)16-8-6-12-3-1-2-4-13(12)9-16/h1-11H,18H2. The normalized spacial score (nSPS) is 11.2. The number of anilines is 1. The van der Waals surface area contributed by atoms with Crippen LogP contribution in [0.5, 0.6) is 0 Å². The van der Waals surface area contributed by atoms with Crippen LogP contribution in [-0.4, -0.2) is 9.78 Å². The molecule has 3 nitrogen and oxygen atoms in total. The van der Waals surface area contributed by atoms with E-state index < -0.39 is 0 Å². The zero-order chi connectivity index (χ0) is 13.5. The summed E-state index contributed by atoms with van der Waals surface area (Å²) in [7, 11) is 0. The van der Waals surface area contributed by atoms with Crippen LogP contribution in [0.4, 0.5) is 5.69 Å². The molecule has 3 heteroatoms. The molecule has 0 radical (unpaired) electrons. The van der Waals surface area contributed by atoms with E-state index in [2.05, 4.69) is 35.4 Å². The number of rotatable bonds is 1. The van der Waals surface area contributed by atoms with Gasteiger partial charge in [-0.25, -0.2) is 4.68 Å². The highest BCUT2D eigenvalue weighted by atomic mass is 15.3. The topological polar surface area (TPSA) is 43.8 Å². The lowest BCUT2D eigenvalue weighted by Gasteiger charge is -2.06. The Morgan fingerprint density at radius 3 is 2.50 bits per heavy atom. The van der Waals surface area contributed by atoms with Gasteiger partial charge in [-0.3, -0.25) is 0 Å². The van der Waals surface area contributed by atoms with E-state index in [0.29, 0.717) is 0 Å². The van der Waals surface area contributed by atoms with E-state index in [1.165, 1.54) is 10.8 Å². The minimum atomic E-state index is 0.750. The van der Waals surface area contributed by atoms with Gasteiger partial charge in [0.25, 0.3) is 0 Å². The molecule has 4 rings (SSSR count). The van der Waals surface area contributed by atoms with Crippen LogP contribution >= 0.6 is 0 Å². The summed E-state index contributed by atoms with van der Waals surface area (Å²) in [4.78, 5) is 0. The molecule has 0 saturated carbocycles. The first-order chi connectivity index (χ1) is 9.81. The summed E-state index contributed by atoms with van der Waals surface area (Å²) >= 11 is 0. The number of nitrogens with zero attached hydrogens (tertiary/aromatic N) is 2.